The molecule has 0 aliphatic carbocycles. The number of aromatic nitrogens is 3. The van der Waals surface area contributed by atoms with E-state index in [-0.39, 0.29) is 5.75 Å². The summed E-state index contributed by atoms with van der Waals surface area (Å²) in [6.07, 6.45) is 2.93. The van der Waals surface area contributed by atoms with E-state index in [0.29, 0.717) is 33.3 Å². The maximum absolute atomic E-state index is 13.6. The second-order valence-corrected chi connectivity index (χ2v) is 9.15. The second kappa shape index (κ2) is 9.56. The van der Waals surface area contributed by atoms with E-state index in [1.54, 1.807) is 69.4 Å². The zero-order chi connectivity index (χ0) is 24.3. The average molecular weight is 477 g/mol. The Morgan fingerprint density at radius 3 is 2.53 bits per heavy atom. The van der Waals surface area contributed by atoms with Crippen molar-refractivity contribution in [2.45, 2.75) is 31.5 Å². The summed E-state index contributed by atoms with van der Waals surface area (Å²) in [6.45, 7) is 5.36. The summed E-state index contributed by atoms with van der Waals surface area (Å²) in [6, 6.07) is 17.6. The van der Waals surface area contributed by atoms with Gasteiger partial charge in [0.25, 0.3) is 5.56 Å². The van der Waals surface area contributed by atoms with Gasteiger partial charge in [0.05, 0.1) is 5.69 Å². The van der Waals surface area contributed by atoms with E-state index in [4.69, 9.17) is 9.47 Å². The van der Waals surface area contributed by atoms with Gasteiger partial charge in [0, 0.05) is 17.3 Å². The van der Waals surface area contributed by atoms with Crippen LogP contribution >= 0.6 is 11.8 Å². The minimum absolute atomic E-state index is 0.129. The molecule has 0 fully saturated rings. The maximum Gasteiger partial charge on any atom is 0.412 e. The highest BCUT2D eigenvalue weighted by molar-refractivity contribution is 7.98. The van der Waals surface area contributed by atoms with Crippen molar-refractivity contribution in [2.75, 3.05) is 11.6 Å². The first-order valence-corrected chi connectivity index (χ1v) is 11.8. The molecule has 174 valence electrons. The Morgan fingerprint density at radius 1 is 1.06 bits per heavy atom. The molecule has 4 aromatic rings. The van der Waals surface area contributed by atoms with Gasteiger partial charge in [-0.1, -0.05) is 36.0 Å². The van der Waals surface area contributed by atoms with Crippen LogP contribution in [0.15, 0.2) is 76.8 Å². The number of anilines is 1. The highest BCUT2D eigenvalue weighted by atomic mass is 32.2. The molecule has 4 rings (SSSR count). The molecule has 0 bridgehead atoms. The number of amides is 1. The Morgan fingerprint density at radius 2 is 1.82 bits per heavy atom. The van der Waals surface area contributed by atoms with Gasteiger partial charge >= 0.3 is 6.09 Å². The standard InChI is InChI=1S/C25H24N4O4S/c1-25(2,3)33-24(31)27-17-9-8-10-18(14-17)29-21-16(15-26-23(28-21)34-4)13-20(22(29)30)32-19-11-6-5-7-12-19/h5-15H,1-4H3,(H,27,31). The van der Waals surface area contributed by atoms with Crippen molar-refractivity contribution in [3.05, 3.63) is 77.2 Å². The number of para-hydroxylation sites is 1. The number of ether oxygens (including phenoxy) is 2. The summed E-state index contributed by atoms with van der Waals surface area (Å²) in [5, 5.41) is 3.87. The molecular formula is C25H24N4O4S. The molecular weight excluding hydrogens is 452 g/mol. The van der Waals surface area contributed by atoms with E-state index in [9.17, 15) is 9.59 Å². The number of thioether (sulfide) groups is 1. The van der Waals surface area contributed by atoms with Crippen LogP contribution in [-0.4, -0.2) is 32.5 Å². The minimum Gasteiger partial charge on any atom is -0.452 e. The Hall–Kier alpha value is -3.85. The number of nitrogens with one attached hydrogen (secondary N) is 1. The number of hydrogen-bond acceptors (Lipinski definition) is 7. The Kier molecular flexibility index (Phi) is 6.56. The van der Waals surface area contributed by atoms with Crippen molar-refractivity contribution >= 4 is 34.6 Å². The van der Waals surface area contributed by atoms with Gasteiger partial charge in [-0.05, 0) is 63.4 Å². The molecule has 0 spiro atoms. The molecule has 1 N–H and O–H groups in total. The van der Waals surface area contributed by atoms with Crippen LogP contribution in [0.25, 0.3) is 16.7 Å². The molecule has 0 radical (unpaired) electrons. The van der Waals surface area contributed by atoms with Gasteiger partial charge in [-0.25, -0.2) is 14.8 Å². The van der Waals surface area contributed by atoms with Gasteiger partial charge in [-0.2, -0.15) is 0 Å². The lowest BCUT2D eigenvalue weighted by Crippen LogP contribution is -2.27. The third-order valence-electron chi connectivity index (χ3n) is 4.59. The molecule has 0 unspecified atom stereocenters. The SMILES string of the molecule is CSc1ncc2cc(Oc3ccccc3)c(=O)n(-c3cccc(NC(=O)OC(C)(C)C)c3)c2n1. The van der Waals surface area contributed by atoms with Gasteiger partial charge in [0.15, 0.2) is 16.6 Å². The molecule has 0 saturated heterocycles. The third kappa shape index (κ3) is 5.37. The molecule has 2 heterocycles. The van der Waals surface area contributed by atoms with Crippen LogP contribution in [0.3, 0.4) is 0 Å². The van der Waals surface area contributed by atoms with Crippen LogP contribution in [0.1, 0.15) is 20.8 Å². The first kappa shape index (κ1) is 23.3. The first-order chi connectivity index (χ1) is 16.2. The van der Waals surface area contributed by atoms with Crippen molar-refractivity contribution in [1.29, 1.82) is 0 Å². The van der Waals surface area contributed by atoms with Crippen LogP contribution < -0.4 is 15.6 Å². The van der Waals surface area contributed by atoms with E-state index in [2.05, 4.69) is 15.3 Å². The molecule has 1 amide bonds. The van der Waals surface area contributed by atoms with Crippen LogP contribution in [0.4, 0.5) is 10.5 Å². The number of rotatable bonds is 5. The number of carbonyl (C=O) groups excluding carboxylic acids is 1. The highest BCUT2D eigenvalue weighted by Crippen LogP contribution is 2.25. The fourth-order valence-electron chi connectivity index (χ4n) is 3.23. The quantitative estimate of drug-likeness (QED) is 0.294. The topological polar surface area (TPSA) is 95.3 Å². The normalized spacial score (nSPS) is 11.3. The molecule has 2 aromatic carbocycles. The molecule has 34 heavy (non-hydrogen) atoms. The highest BCUT2D eigenvalue weighted by Gasteiger charge is 2.18. The lowest BCUT2D eigenvalue weighted by atomic mass is 10.2. The predicted octanol–water partition coefficient (Wildman–Crippen LogP) is 5.64. The van der Waals surface area contributed by atoms with E-state index < -0.39 is 17.3 Å². The lowest BCUT2D eigenvalue weighted by Gasteiger charge is -2.20. The van der Waals surface area contributed by atoms with Crippen molar-refractivity contribution in [3.8, 4) is 17.2 Å². The Balaban J connectivity index is 1.83. The third-order valence-corrected chi connectivity index (χ3v) is 5.15. The van der Waals surface area contributed by atoms with Crippen LogP contribution in [0.5, 0.6) is 11.5 Å². The largest absolute Gasteiger partial charge is 0.452 e. The van der Waals surface area contributed by atoms with Gasteiger partial charge < -0.3 is 9.47 Å². The summed E-state index contributed by atoms with van der Waals surface area (Å²) in [7, 11) is 0. The first-order valence-electron chi connectivity index (χ1n) is 10.5. The number of pyridine rings is 1. The van der Waals surface area contributed by atoms with Crippen molar-refractivity contribution in [2.24, 2.45) is 0 Å². The Labute approximate surface area is 201 Å². The molecule has 9 heteroatoms. The van der Waals surface area contributed by atoms with E-state index in [1.165, 1.54) is 16.3 Å². The average Bonchev–Trinajstić information content (AvgIpc) is 2.79. The molecule has 8 nitrogen and oxygen atoms in total. The minimum atomic E-state index is -0.636. The monoisotopic (exact) mass is 476 g/mol. The Bertz CT molecular complexity index is 1400. The van der Waals surface area contributed by atoms with Crippen molar-refractivity contribution < 1.29 is 14.3 Å². The fraction of sp³-hybridized carbons (Fsp3) is 0.200. The van der Waals surface area contributed by atoms with Gasteiger partial charge in [0.1, 0.15) is 11.4 Å². The van der Waals surface area contributed by atoms with Crippen molar-refractivity contribution in [3.63, 3.8) is 0 Å². The number of hydrogen-bond donors (Lipinski definition) is 1. The number of fused-ring (bicyclic) bond motifs is 1. The lowest BCUT2D eigenvalue weighted by molar-refractivity contribution is 0.0636. The number of nitrogens with zero attached hydrogens (tertiary/aromatic N) is 3. The summed E-state index contributed by atoms with van der Waals surface area (Å²) >= 11 is 1.37. The fourth-order valence-corrected chi connectivity index (χ4v) is 3.56. The summed E-state index contributed by atoms with van der Waals surface area (Å²) < 4.78 is 12.7. The van der Waals surface area contributed by atoms with Crippen LogP contribution in [-0.2, 0) is 4.74 Å². The molecule has 2 aromatic heterocycles. The van der Waals surface area contributed by atoms with E-state index in [1.807, 2.05) is 24.5 Å². The van der Waals surface area contributed by atoms with Gasteiger partial charge in [0.2, 0.25) is 0 Å². The zero-order valence-corrected chi connectivity index (χ0v) is 20.1. The summed E-state index contributed by atoms with van der Waals surface area (Å²) in [4.78, 5) is 34.7. The van der Waals surface area contributed by atoms with E-state index >= 15 is 0 Å². The van der Waals surface area contributed by atoms with Gasteiger partial charge in [-0.15, -0.1) is 0 Å². The molecule has 0 aliphatic rings. The van der Waals surface area contributed by atoms with Crippen LogP contribution in [0, 0.1) is 0 Å². The number of benzene rings is 2. The number of carbonyl (C=O) groups is 1. The smallest absolute Gasteiger partial charge is 0.412 e. The predicted molar refractivity (Wildman–Crippen MR) is 133 cm³/mol. The molecule has 0 atom stereocenters. The molecule has 0 aliphatic heterocycles. The zero-order valence-electron chi connectivity index (χ0n) is 19.2. The second-order valence-electron chi connectivity index (χ2n) is 8.38. The molecule has 0 saturated carbocycles. The maximum atomic E-state index is 13.6. The summed E-state index contributed by atoms with van der Waals surface area (Å²) in [5.74, 6) is 0.664. The van der Waals surface area contributed by atoms with E-state index in [0.717, 1.165) is 0 Å². The van der Waals surface area contributed by atoms with Crippen molar-refractivity contribution in [1.82, 2.24) is 14.5 Å². The summed E-state index contributed by atoms with van der Waals surface area (Å²) in [5.41, 5.74) is 0.382. The van der Waals surface area contributed by atoms with Crippen LogP contribution in [0.2, 0.25) is 0 Å². The van der Waals surface area contributed by atoms with Gasteiger partial charge in [-0.3, -0.25) is 14.7 Å².